The number of anilines is 1. The van der Waals surface area contributed by atoms with E-state index < -0.39 is 17.6 Å². The first-order valence-corrected chi connectivity index (χ1v) is 10.5. The van der Waals surface area contributed by atoms with Crippen molar-refractivity contribution in [1.82, 2.24) is 14.5 Å². The molecule has 0 spiro atoms. The number of carbonyl (C=O) groups is 2. The van der Waals surface area contributed by atoms with E-state index in [1.54, 1.807) is 49.0 Å². The lowest BCUT2D eigenvalue weighted by molar-refractivity contribution is -0.137. The summed E-state index contributed by atoms with van der Waals surface area (Å²) in [6, 6.07) is 11.1. The second-order valence-corrected chi connectivity index (χ2v) is 8.23. The zero-order chi connectivity index (χ0) is 23.8. The Morgan fingerprint density at radius 1 is 1.03 bits per heavy atom. The minimum absolute atomic E-state index is 0.236. The molecule has 2 aromatic carbocycles. The van der Waals surface area contributed by atoms with Gasteiger partial charge in [0.25, 0.3) is 5.91 Å². The number of thiazole rings is 1. The summed E-state index contributed by atoms with van der Waals surface area (Å²) in [4.78, 5) is 34.0. The number of hydrogen-bond acceptors (Lipinski definition) is 5. The van der Waals surface area contributed by atoms with Gasteiger partial charge in [0.1, 0.15) is 9.88 Å². The molecular weight excluding hydrogens is 453 g/mol. The number of nitrogens with one attached hydrogen (secondary N) is 1. The number of ketones is 1. The average molecular weight is 470 g/mol. The maximum absolute atomic E-state index is 12.8. The second kappa shape index (κ2) is 8.62. The van der Waals surface area contributed by atoms with Gasteiger partial charge in [0, 0.05) is 36.3 Å². The van der Waals surface area contributed by atoms with E-state index in [0.29, 0.717) is 38.2 Å². The molecule has 0 bridgehead atoms. The summed E-state index contributed by atoms with van der Waals surface area (Å²) < 4.78 is 39.9. The molecule has 4 aromatic rings. The van der Waals surface area contributed by atoms with Crippen molar-refractivity contribution in [3.05, 3.63) is 88.4 Å². The van der Waals surface area contributed by atoms with E-state index in [4.69, 9.17) is 0 Å². The lowest BCUT2D eigenvalue weighted by Crippen LogP contribution is -2.12. The van der Waals surface area contributed by atoms with Gasteiger partial charge in [-0.3, -0.25) is 9.59 Å². The number of amides is 1. The summed E-state index contributed by atoms with van der Waals surface area (Å²) in [7, 11) is 1.73. The molecule has 2 aromatic heterocycles. The molecule has 0 aliphatic heterocycles. The van der Waals surface area contributed by atoms with Crippen molar-refractivity contribution >= 4 is 28.7 Å². The Morgan fingerprint density at radius 3 is 2.27 bits per heavy atom. The molecule has 6 nitrogen and oxygen atoms in total. The molecule has 0 atom stereocenters. The summed E-state index contributed by atoms with van der Waals surface area (Å²) in [6.07, 6.45) is -1.20. The van der Waals surface area contributed by atoms with Crippen LogP contribution in [0.15, 0.2) is 60.9 Å². The van der Waals surface area contributed by atoms with E-state index in [9.17, 15) is 22.8 Å². The number of alkyl halides is 3. The van der Waals surface area contributed by atoms with Crippen molar-refractivity contribution < 1.29 is 22.8 Å². The molecule has 0 saturated heterocycles. The number of halogens is 3. The Balaban J connectivity index is 1.48. The smallest absolute Gasteiger partial charge is 0.331 e. The lowest BCUT2D eigenvalue weighted by atomic mass is 10.1. The SMILES string of the molecule is Cc1nc(-c2ccc(C(F)(F)F)cc2)sc1C(=O)Nc1ccc(C(=O)c2nccn2C)cc1. The predicted octanol–water partition coefficient (Wildman–Crippen LogP) is 5.35. The van der Waals surface area contributed by atoms with E-state index in [1.165, 1.54) is 18.3 Å². The van der Waals surface area contributed by atoms with Crippen LogP contribution in [0.5, 0.6) is 0 Å². The van der Waals surface area contributed by atoms with E-state index in [0.717, 1.165) is 23.5 Å². The third-order valence-corrected chi connectivity index (χ3v) is 6.10. The molecule has 0 fully saturated rings. The Bertz CT molecular complexity index is 1320. The minimum atomic E-state index is -4.42. The van der Waals surface area contributed by atoms with Gasteiger partial charge in [-0.25, -0.2) is 9.97 Å². The van der Waals surface area contributed by atoms with Crippen LogP contribution in [0.3, 0.4) is 0 Å². The van der Waals surface area contributed by atoms with Crippen LogP contribution in [-0.2, 0) is 13.2 Å². The fourth-order valence-electron chi connectivity index (χ4n) is 3.14. The van der Waals surface area contributed by atoms with Crippen molar-refractivity contribution in [1.29, 1.82) is 0 Å². The van der Waals surface area contributed by atoms with Gasteiger partial charge in [-0.1, -0.05) is 12.1 Å². The Morgan fingerprint density at radius 2 is 1.70 bits per heavy atom. The molecule has 168 valence electrons. The van der Waals surface area contributed by atoms with Crippen LogP contribution in [0.2, 0.25) is 0 Å². The van der Waals surface area contributed by atoms with Crippen molar-refractivity contribution in [2.24, 2.45) is 7.05 Å². The molecule has 0 aliphatic carbocycles. The maximum Gasteiger partial charge on any atom is 0.416 e. The Labute approximate surface area is 190 Å². The standard InChI is InChI=1S/C23H17F3N4O2S/c1-13-19(33-22(28-13)15-3-7-16(8-4-15)23(24,25)26)21(32)29-17-9-5-14(6-10-17)18(31)20-27-11-12-30(20)2/h3-12H,1-2H3,(H,29,32). The normalized spacial score (nSPS) is 11.4. The first-order valence-electron chi connectivity index (χ1n) is 9.72. The molecule has 4 rings (SSSR count). The zero-order valence-electron chi connectivity index (χ0n) is 17.5. The number of imidazole rings is 1. The highest BCUT2D eigenvalue weighted by Gasteiger charge is 2.30. The number of carbonyl (C=O) groups excluding carboxylic acids is 2. The molecule has 1 N–H and O–H groups in total. The number of aryl methyl sites for hydroxylation is 2. The van der Waals surface area contributed by atoms with Crippen LogP contribution in [0.25, 0.3) is 10.6 Å². The Hall–Kier alpha value is -3.79. The van der Waals surface area contributed by atoms with Gasteiger partial charge in [-0.15, -0.1) is 11.3 Å². The highest BCUT2D eigenvalue weighted by molar-refractivity contribution is 7.17. The van der Waals surface area contributed by atoms with Gasteiger partial charge in [0.15, 0.2) is 5.82 Å². The topological polar surface area (TPSA) is 76.9 Å². The fraction of sp³-hybridized carbons (Fsp3) is 0.130. The highest BCUT2D eigenvalue weighted by atomic mass is 32.1. The van der Waals surface area contributed by atoms with Crippen molar-refractivity contribution in [3.8, 4) is 10.6 Å². The maximum atomic E-state index is 12.8. The highest BCUT2D eigenvalue weighted by Crippen LogP contribution is 2.33. The van der Waals surface area contributed by atoms with Crippen LogP contribution in [0, 0.1) is 6.92 Å². The number of aromatic nitrogens is 3. The number of rotatable bonds is 5. The van der Waals surface area contributed by atoms with E-state index >= 15 is 0 Å². The van der Waals surface area contributed by atoms with Crippen molar-refractivity contribution in [2.75, 3.05) is 5.32 Å². The molecule has 33 heavy (non-hydrogen) atoms. The number of benzene rings is 2. The first-order chi connectivity index (χ1) is 15.6. The fourth-order valence-corrected chi connectivity index (χ4v) is 4.11. The van der Waals surface area contributed by atoms with E-state index in [-0.39, 0.29) is 5.78 Å². The molecule has 0 aliphatic rings. The van der Waals surface area contributed by atoms with Gasteiger partial charge in [0.05, 0.1) is 11.3 Å². The van der Waals surface area contributed by atoms with Gasteiger partial charge in [-0.2, -0.15) is 13.2 Å². The van der Waals surface area contributed by atoms with Crippen LogP contribution < -0.4 is 5.32 Å². The second-order valence-electron chi connectivity index (χ2n) is 7.23. The van der Waals surface area contributed by atoms with Crippen molar-refractivity contribution in [2.45, 2.75) is 13.1 Å². The Kier molecular flexibility index (Phi) is 5.86. The van der Waals surface area contributed by atoms with Gasteiger partial charge >= 0.3 is 6.18 Å². The molecule has 0 radical (unpaired) electrons. The molecule has 10 heteroatoms. The summed E-state index contributed by atoms with van der Waals surface area (Å²) >= 11 is 1.09. The third kappa shape index (κ3) is 4.70. The molecule has 0 unspecified atom stereocenters. The van der Waals surface area contributed by atoms with Crippen LogP contribution >= 0.6 is 11.3 Å². The quantitative estimate of drug-likeness (QED) is 0.399. The van der Waals surface area contributed by atoms with Crippen LogP contribution in [0.4, 0.5) is 18.9 Å². The van der Waals surface area contributed by atoms with Gasteiger partial charge in [0.2, 0.25) is 5.78 Å². The summed E-state index contributed by atoms with van der Waals surface area (Å²) in [6.45, 7) is 1.66. The minimum Gasteiger partial charge on any atom is -0.331 e. The number of hydrogen-bond donors (Lipinski definition) is 1. The third-order valence-electron chi connectivity index (χ3n) is 4.89. The summed E-state index contributed by atoms with van der Waals surface area (Å²) in [5.74, 6) is -0.325. The monoisotopic (exact) mass is 470 g/mol. The van der Waals surface area contributed by atoms with E-state index in [1.807, 2.05) is 0 Å². The van der Waals surface area contributed by atoms with Gasteiger partial charge < -0.3 is 9.88 Å². The zero-order valence-corrected chi connectivity index (χ0v) is 18.3. The molecule has 1 amide bonds. The number of nitrogens with zero attached hydrogens (tertiary/aromatic N) is 3. The lowest BCUT2D eigenvalue weighted by Gasteiger charge is -2.06. The van der Waals surface area contributed by atoms with Crippen LogP contribution in [0.1, 0.15) is 37.1 Å². The largest absolute Gasteiger partial charge is 0.416 e. The van der Waals surface area contributed by atoms with Crippen molar-refractivity contribution in [3.63, 3.8) is 0 Å². The molecule has 0 saturated carbocycles. The van der Waals surface area contributed by atoms with Crippen LogP contribution in [-0.4, -0.2) is 26.2 Å². The molecule has 2 heterocycles. The van der Waals surface area contributed by atoms with E-state index in [2.05, 4.69) is 15.3 Å². The molecular formula is C23H17F3N4O2S. The predicted molar refractivity (Wildman–Crippen MR) is 118 cm³/mol. The van der Waals surface area contributed by atoms with Gasteiger partial charge in [-0.05, 0) is 43.3 Å². The summed E-state index contributed by atoms with van der Waals surface area (Å²) in [5.41, 5.74) is 1.13. The first kappa shape index (κ1) is 22.4. The average Bonchev–Trinajstić information content (AvgIpc) is 3.39. The summed E-state index contributed by atoms with van der Waals surface area (Å²) in [5, 5.41) is 3.20.